The van der Waals surface area contributed by atoms with Gasteiger partial charge in [-0.1, -0.05) is 0 Å². The summed E-state index contributed by atoms with van der Waals surface area (Å²) in [5.41, 5.74) is -1.86. The summed E-state index contributed by atoms with van der Waals surface area (Å²) in [5, 5.41) is 19.8. The van der Waals surface area contributed by atoms with Crippen molar-refractivity contribution in [1.82, 2.24) is 0 Å². The Kier molecular flexibility index (Phi) is 11.3. The minimum Gasteiger partial charge on any atom is -0.494 e. The number of rotatable bonds is 16. The summed E-state index contributed by atoms with van der Waals surface area (Å²) >= 11 is 0. The minimum absolute atomic E-state index is 0.313. The second kappa shape index (κ2) is 13.4. The molecule has 2 N–H and O–H groups in total. The van der Waals surface area contributed by atoms with Crippen molar-refractivity contribution in [2.45, 2.75) is 90.0 Å². The topological polar surface area (TPSA) is 102 Å². The zero-order valence-electron chi connectivity index (χ0n) is 24.8. The smallest absolute Gasteiger partial charge is 0.193 e. The highest BCUT2D eigenvalue weighted by Crippen LogP contribution is 2.25. The number of carbonyl (C=O) groups is 2. The predicted octanol–water partition coefficient (Wildman–Crippen LogP) is 6.26. The van der Waals surface area contributed by atoms with Gasteiger partial charge in [-0.25, -0.2) is 0 Å². The third kappa shape index (κ3) is 11.4. The van der Waals surface area contributed by atoms with E-state index in [2.05, 4.69) is 26.2 Å². The summed E-state index contributed by atoms with van der Waals surface area (Å²) in [7, 11) is -3.72. The number of hydrogen-bond acceptors (Lipinski definition) is 7. The number of Topliss-reactive ketones (excluding diaryl/α,β-unsaturated/α-hetero) is 2. The van der Waals surface area contributed by atoms with Gasteiger partial charge in [0.2, 0.25) is 0 Å². The SMILES string of the molecule is CC(C)(O)C(=O)c1ccc(OCCC[Si](C)(C)O[Si](C)(C)CCCOc2ccc(C(=O)C(C)(C)O)cc2)cc1. The first-order chi connectivity index (χ1) is 17.9. The van der Waals surface area contributed by atoms with Crippen LogP contribution in [0.25, 0.3) is 0 Å². The molecular formula is C30H46O7Si2. The lowest BCUT2D eigenvalue weighted by Crippen LogP contribution is -2.44. The lowest BCUT2D eigenvalue weighted by molar-refractivity contribution is 0.0487. The van der Waals surface area contributed by atoms with Crippen molar-refractivity contribution >= 4 is 28.2 Å². The molecule has 0 radical (unpaired) electrons. The normalized spacial score (nSPS) is 12.8. The predicted molar refractivity (Wildman–Crippen MR) is 160 cm³/mol. The Morgan fingerprint density at radius 3 is 1.23 bits per heavy atom. The van der Waals surface area contributed by atoms with Crippen LogP contribution in [0, 0.1) is 0 Å². The molecule has 0 spiro atoms. The summed E-state index contributed by atoms with van der Waals surface area (Å²) in [6, 6.07) is 15.8. The van der Waals surface area contributed by atoms with Crippen molar-refractivity contribution in [3.8, 4) is 11.5 Å². The van der Waals surface area contributed by atoms with Gasteiger partial charge in [0.1, 0.15) is 22.7 Å². The molecule has 0 heterocycles. The van der Waals surface area contributed by atoms with Crippen LogP contribution in [-0.2, 0) is 4.12 Å². The zero-order valence-corrected chi connectivity index (χ0v) is 26.8. The van der Waals surface area contributed by atoms with Crippen LogP contribution in [0.1, 0.15) is 61.3 Å². The number of ether oxygens (including phenoxy) is 2. The van der Waals surface area contributed by atoms with Crippen molar-refractivity contribution < 1.29 is 33.4 Å². The van der Waals surface area contributed by atoms with E-state index >= 15 is 0 Å². The minimum atomic E-state index is -1.86. The molecule has 0 aliphatic heterocycles. The average molecular weight is 575 g/mol. The fourth-order valence-electron chi connectivity index (χ4n) is 4.34. The Morgan fingerprint density at radius 1 is 0.641 bits per heavy atom. The summed E-state index contributed by atoms with van der Waals surface area (Å²) in [6.07, 6.45) is 1.78. The standard InChI is InChI=1S/C30H46O7Si2/c1-29(2,33)27(31)23-11-15-25(16-12-23)35-19-9-21-38(5,6)37-39(7,8)22-10-20-36-26-17-13-24(14-18-26)28(32)30(3,4)34/h11-18,33-34H,9-10,19-22H2,1-8H3. The number of ketones is 2. The first-order valence-corrected chi connectivity index (χ1v) is 19.8. The van der Waals surface area contributed by atoms with Crippen LogP contribution in [0.5, 0.6) is 11.5 Å². The molecule has 2 rings (SSSR count). The van der Waals surface area contributed by atoms with Crippen LogP contribution in [0.15, 0.2) is 48.5 Å². The Balaban J connectivity index is 1.71. The first kappa shape index (κ1) is 32.9. The van der Waals surface area contributed by atoms with Gasteiger partial charge < -0.3 is 23.8 Å². The van der Waals surface area contributed by atoms with Crippen molar-refractivity contribution in [2.24, 2.45) is 0 Å². The Morgan fingerprint density at radius 2 is 0.949 bits per heavy atom. The highest BCUT2D eigenvalue weighted by Gasteiger charge is 2.32. The van der Waals surface area contributed by atoms with E-state index in [4.69, 9.17) is 13.6 Å². The van der Waals surface area contributed by atoms with E-state index in [1.54, 1.807) is 48.5 Å². The van der Waals surface area contributed by atoms with Crippen LogP contribution in [0.2, 0.25) is 38.3 Å². The lowest BCUT2D eigenvalue weighted by atomic mass is 9.97. The largest absolute Gasteiger partial charge is 0.494 e. The summed E-state index contributed by atoms with van der Waals surface area (Å²) in [4.78, 5) is 24.3. The molecule has 0 aliphatic carbocycles. The number of benzene rings is 2. The van der Waals surface area contributed by atoms with Gasteiger partial charge in [0.25, 0.3) is 0 Å². The van der Waals surface area contributed by atoms with Gasteiger partial charge in [0.05, 0.1) is 13.2 Å². The molecule has 7 nitrogen and oxygen atoms in total. The van der Waals surface area contributed by atoms with E-state index < -0.39 is 27.8 Å². The highest BCUT2D eigenvalue weighted by molar-refractivity contribution is 6.84. The van der Waals surface area contributed by atoms with E-state index in [1.807, 2.05) is 0 Å². The quantitative estimate of drug-likeness (QED) is 0.139. The molecule has 0 bridgehead atoms. The van der Waals surface area contributed by atoms with Crippen molar-refractivity contribution in [3.05, 3.63) is 59.7 Å². The molecule has 0 unspecified atom stereocenters. The maximum Gasteiger partial charge on any atom is 0.193 e. The number of aliphatic hydroxyl groups is 2. The molecule has 0 aromatic heterocycles. The van der Waals surface area contributed by atoms with E-state index in [0.717, 1.165) is 24.9 Å². The molecule has 0 amide bonds. The van der Waals surface area contributed by atoms with E-state index in [9.17, 15) is 19.8 Å². The average Bonchev–Trinajstić information content (AvgIpc) is 2.82. The van der Waals surface area contributed by atoms with Crippen LogP contribution in [0.4, 0.5) is 0 Å². The van der Waals surface area contributed by atoms with Gasteiger partial charge >= 0.3 is 0 Å². The van der Waals surface area contributed by atoms with Gasteiger partial charge in [0.15, 0.2) is 28.2 Å². The molecule has 0 saturated carbocycles. The molecule has 39 heavy (non-hydrogen) atoms. The van der Waals surface area contributed by atoms with E-state index in [-0.39, 0.29) is 11.6 Å². The molecule has 0 aliphatic rings. The number of hydrogen-bond donors (Lipinski definition) is 2. The second-order valence-corrected chi connectivity index (χ2v) is 21.2. The molecule has 0 atom stereocenters. The number of carbonyl (C=O) groups excluding carboxylic acids is 2. The zero-order chi connectivity index (χ0) is 29.5. The summed E-state index contributed by atoms with van der Waals surface area (Å²) < 4.78 is 18.5. The van der Waals surface area contributed by atoms with Crippen LogP contribution < -0.4 is 9.47 Å². The molecular weight excluding hydrogens is 528 g/mol. The van der Waals surface area contributed by atoms with Crippen molar-refractivity contribution in [3.63, 3.8) is 0 Å². The molecule has 2 aromatic rings. The van der Waals surface area contributed by atoms with Gasteiger partial charge in [-0.2, -0.15) is 0 Å². The third-order valence-corrected chi connectivity index (χ3v) is 13.8. The summed E-state index contributed by atoms with van der Waals surface area (Å²) in [5.74, 6) is 0.783. The second-order valence-electron chi connectivity index (χ2n) is 12.4. The monoisotopic (exact) mass is 574 g/mol. The first-order valence-electron chi connectivity index (χ1n) is 13.6. The maximum atomic E-state index is 12.1. The van der Waals surface area contributed by atoms with Crippen LogP contribution in [0.3, 0.4) is 0 Å². The Hall–Kier alpha value is -2.31. The molecule has 216 valence electrons. The molecule has 9 heteroatoms. The molecule has 2 aromatic carbocycles. The molecule has 0 fully saturated rings. The Labute approximate surface area is 235 Å². The van der Waals surface area contributed by atoms with Gasteiger partial charge in [0, 0.05) is 11.1 Å². The molecule has 0 saturated heterocycles. The fraction of sp³-hybridized carbons (Fsp3) is 0.533. The van der Waals surface area contributed by atoms with Crippen molar-refractivity contribution in [1.29, 1.82) is 0 Å². The van der Waals surface area contributed by atoms with Crippen LogP contribution >= 0.6 is 0 Å². The highest BCUT2D eigenvalue weighted by atomic mass is 28.4. The van der Waals surface area contributed by atoms with Gasteiger partial charge in [-0.3, -0.25) is 9.59 Å². The fourth-order valence-corrected chi connectivity index (χ4v) is 13.1. The van der Waals surface area contributed by atoms with Gasteiger partial charge in [-0.05, 0) is 127 Å². The van der Waals surface area contributed by atoms with Crippen molar-refractivity contribution in [2.75, 3.05) is 13.2 Å². The van der Waals surface area contributed by atoms with E-state index in [1.165, 1.54) is 27.7 Å². The third-order valence-electron chi connectivity index (χ3n) is 6.28. The Bertz CT molecular complexity index is 993. The van der Waals surface area contributed by atoms with Crippen LogP contribution in [-0.4, -0.2) is 62.8 Å². The lowest BCUT2D eigenvalue weighted by Gasteiger charge is -2.34. The van der Waals surface area contributed by atoms with Gasteiger partial charge in [-0.15, -0.1) is 0 Å². The maximum absolute atomic E-state index is 12.1. The van der Waals surface area contributed by atoms with E-state index in [0.29, 0.717) is 35.8 Å². The summed E-state index contributed by atoms with van der Waals surface area (Å²) in [6.45, 7) is 16.1.